The molecule has 0 radical (unpaired) electrons. The van der Waals surface area contributed by atoms with Crippen LogP contribution in [0.3, 0.4) is 0 Å². The Kier molecular flexibility index (Phi) is 4.86. The van der Waals surface area contributed by atoms with Crippen LogP contribution in [0.15, 0.2) is 48.5 Å². The first kappa shape index (κ1) is 13.9. The Morgan fingerprint density at radius 3 is 2.26 bits per heavy atom. The van der Waals surface area contributed by atoms with Crippen LogP contribution in [-0.4, -0.2) is 14.2 Å². The van der Waals surface area contributed by atoms with E-state index >= 15 is 0 Å². The molecule has 0 aliphatic rings. The second-order valence-corrected chi connectivity index (χ2v) is 5.41. The highest BCUT2D eigenvalue weighted by atomic mass is 79.9. The molecule has 2 rings (SSSR count). The molecule has 2 nitrogen and oxygen atoms in total. The molecule has 0 saturated carbocycles. The van der Waals surface area contributed by atoms with Crippen LogP contribution in [-0.2, 0) is 6.42 Å². The van der Waals surface area contributed by atoms with Gasteiger partial charge in [-0.2, -0.15) is 0 Å². The van der Waals surface area contributed by atoms with E-state index in [1.165, 1.54) is 11.1 Å². The van der Waals surface area contributed by atoms with Crippen LogP contribution >= 0.6 is 15.9 Å². The molecule has 0 aliphatic carbocycles. The third-order valence-corrected chi connectivity index (χ3v) is 3.86. The van der Waals surface area contributed by atoms with Crippen molar-refractivity contribution in [3.63, 3.8) is 0 Å². The normalized spacial score (nSPS) is 11.9. The summed E-state index contributed by atoms with van der Waals surface area (Å²) in [5, 5.41) is 0. The minimum atomic E-state index is 0.259. The highest BCUT2D eigenvalue weighted by Gasteiger charge is 2.10. The number of hydrogen-bond donors (Lipinski definition) is 0. The molecule has 100 valence electrons. The zero-order valence-corrected chi connectivity index (χ0v) is 12.7. The lowest BCUT2D eigenvalue weighted by atomic mass is 10.0. The van der Waals surface area contributed by atoms with Gasteiger partial charge in [-0.05, 0) is 41.8 Å². The van der Waals surface area contributed by atoms with Gasteiger partial charge in [0.2, 0.25) is 0 Å². The van der Waals surface area contributed by atoms with Gasteiger partial charge in [0.15, 0.2) is 0 Å². The summed E-state index contributed by atoms with van der Waals surface area (Å²) in [4.78, 5) is 0.259. The Bertz CT molecular complexity index is 540. The number of benzene rings is 2. The molecule has 0 fully saturated rings. The highest BCUT2D eigenvalue weighted by Crippen LogP contribution is 2.30. The van der Waals surface area contributed by atoms with Crippen molar-refractivity contribution < 1.29 is 9.47 Å². The summed E-state index contributed by atoms with van der Waals surface area (Å²) in [6.45, 7) is 0. The number of methoxy groups -OCH3 is 2. The average molecular weight is 321 g/mol. The van der Waals surface area contributed by atoms with Crippen LogP contribution in [0.5, 0.6) is 11.5 Å². The van der Waals surface area contributed by atoms with Crippen LogP contribution in [0.4, 0.5) is 0 Å². The van der Waals surface area contributed by atoms with Crippen molar-refractivity contribution in [3.8, 4) is 11.5 Å². The summed E-state index contributed by atoms with van der Waals surface area (Å²) in [6, 6.07) is 16.3. The molecule has 0 saturated heterocycles. The zero-order valence-electron chi connectivity index (χ0n) is 11.1. The SMILES string of the molecule is COc1cccc(CC(Br)c2cccc(OC)c2)c1. The summed E-state index contributed by atoms with van der Waals surface area (Å²) < 4.78 is 10.5. The lowest BCUT2D eigenvalue weighted by molar-refractivity contribution is 0.413. The molecule has 0 spiro atoms. The van der Waals surface area contributed by atoms with Crippen molar-refractivity contribution in [3.05, 3.63) is 59.7 Å². The van der Waals surface area contributed by atoms with Crippen LogP contribution < -0.4 is 9.47 Å². The summed E-state index contributed by atoms with van der Waals surface area (Å²) in [6.07, 6.45) is 0.907. The Morgan fingerprint density at radius 1 is 0.947 bits per heavy atom. The van der Waals surface area contributed by atoms with Gasteiger partial charge in [-0.1, -0.05) is 40.2 Å². The van der Waals surface area contributed by atoms with Crippen LogP contribution in [0.1, 0.15) is 16.0 Å². The molecule has 1 unspecified atom stereocenters. The average Bonchev–Trinajstić information content (AvgIpc) is 2.47. The molecule has 0 heterocycles. The Hall–Kier alpha value is -1.48. The van der Waals surface area contributed by atoms with Crippen molar-refractivity contribution in [1.29, 1.82) is 0 Å². The standard InChI is InChI=1S/C16H17BrO2/c1-18-14-7-3-5-12(9-14)10-16(17)13-6-4-8-15(11-13)19-2/h3-9,11,16H,10H2,1-2H3. The van der Waals surface area contributed by atoms with Crippen molar-refractivity contribution in [2.24, 2.45) is 0 Å². The molecular formula is C16H17BrO2. The molecule has 0 amide bonds. The molecule has 0 N–H and O–H groups in total. The van der Waals surface area contributed by atoms with Crippen molar-refractivity contribution in [2.75, 3.05) is 14.2 Å². The van der Waals surface area contributed by atoms with E-state index in [4.69, 9.17) is 9.47 Å². The van der Waals surface area contributed by atoms with E-state index in [1.807, 2.05) is 24.3 Å². The van der Waals surface area contributed by atoms with Gasteiger partial charge < -0.3 is 9.47 Å². The third kappa shape index (κ3) is 3.74. The minimum Gasteiger partial charge on any atom is -0.497 e. The zero-order chi connectivity index (χ0) is 13.7. The Labute approximate surface area is 122 Å². The van der Waals surface area contributed by atoms with E-state index in [9.17, 15) is 0 Å². The molecule has 3 heteroatoms. The number of alkyl halides is 1. The first-order valence-electron chi connectivity index (χ1n) is 6.14. The maximum Gasteiger partial charge on any atom is 0.119 e. The predicted octanol–water partition coefficient (Wildman–Crippen LogP) is 4.38. The number of hydrogen-bond acceptors (Lipinski definition) is 2. The van der Waals surface area contributed by atoms with Crippen LogP contribution in [0.2, 0.25) is 0 Å². The summed E-state index contributed by atoms with van der Waals surface area (Å²) in [5.74, 6) is 1.77. The molecular weight excluding hydrogens is 304 g/mol. The number of ether oxygens (including phenoxy) is 2. The molecule has 0 aromatic heterocycles. The van der Waals surface area contributed by atoms with Crippen molar-refractivity contribution in [2.45, 2.75) is 11.2 Å². The maximum absolute atomic E-state index is 5.25. The monoisotopic (exact) mass is 320 g/mol. The van der Waals surface area contributed by atoms with E-state index < -0.39 is 0 Å². The fourth-order valence-corrected chi connectivity index (χ4v) is 2.62. The molecule has 19 heavy (non-hydrogen) atoms. The quantitative estimate of drug-likeness (QED) is 0.761. The van der Waals surface area contributed by atoms with Gasteiger partial charge in [-0.15, -0.1) is 0 Å². The fraction of sp³-hybridized carbons (Fsp3) is 0.250. The first-order chi connectivity index (χ1) is 9.22. The van der Waals surface area contributed by atoms with Crippen LogP contribution in [0.25, 0.3) is 0 Å². The van der Waals surface area contributed by atoms with Gasteiger partial charge in [-0.25, -0.2) is 0 Å². The second-order valence-electron chi connectivity index (χ2n) is 4.30. The molecule has 1 atom stereocenters. The predicted molar refractivity (Wildman–Crippen MR) is 81.4 cm³/mol. The van der Waals surface area contributed by atoms with Gasteiger partial charge in [-0.3, -0.25) is 0 Å². The van der Waals surface area contributed by atoms with E-state index in [-0.39, 0.29) is 4.83 Å². The lowest BCUT2D eigenvalue weighted by Crippen LogP contribution is -1.96. The summed E-state index contributed by atoms with van der Waals surface area (Å²) >= 11 is 3.74. The number of rotatable bonds is 5. The smallest absolute Gasteiger partial charge is 0.119 e. The minimum absolute atomic E-state index is 0.259. The van der Waals surface area contributed by atoms with Crippen molar-refractivity contribution in [1.82, 2.24) is 0 Å². The largest absolute Gasteiger partial charge is 0.497 e. The summed E-state index contributed by atoms with van der Waals surface area (Å²) in [7, 11) is 3.37. The second kappa shape index (κ2) is 6.62. The van der Waals surface area contributed by atoms with Gasteiger partial charge in [0.1, 0.15) is 11.5 Å². The lowest BCUT2D eigenvalue weighted by Gasteiger charge is -2.12. The highest BCUT2D eigenvalue weighted by molar-refractivity contribution is 9.09. The number of halogens is 1. The van der Waals surface area contributed by atoms with Crippen LogP contribution in [0, 0.1) is 0 Å². The first-order valence-corrected chi connectivity index (χ1v) is 7.05. The maximum atomic E-state index is 5.25. The Balaban J connectivity index is 2.13. The van der Waals surface area contributed by atoms with Gasteiger partial charge in [0, 0.05) is 4.83 Å². The van der Waals surface area contributed by atoms with Gasteiger partial charge >= 0.3 is 0 Å². The van der Waals surface area contributed by atoms with Gasteiger partial charge in [0.25, 0.3) is 0 Å². The van der Waals surface area contributed by atoms with E-state index in [0.717, 1.165) is 17.9 Å². The molecule has 0 aliphatic heterocycles. The molecule has 0 bridgehead atoms. The Morgan fingerprint density at radius 2 is 1.58 bits per heavy atom. The van der Waals surface area contributed by atoms with Crippen molar-refractivity contribution >= 4 is 15.9 Å². The van der Waals surface area contributed by atoms with E-state index in [0.29, 0.717) is 0 Å². The molecule has 2 aromatic carbocycles. The molecule has 2 aromatic rings. The summed E-state index contributed by atoms with van der Waals surface area (Å²) in [5.41, 5.74) is 2.45. The third-order valence-electron chi connectivity index (χ3n) is 3.00. The van der Waals surface area contributed by atoms with E-state index in [1.54, 1.807) is 14.2 Å². The van der Waals surface area contributed by atoms with Gasteiger partial charge in [0.05, 0.1) is 14.2 Å². The van der Waals surface area contributed by atoms with E-state index in [2.05, 4.69) is 40.2 Å². The fourth-order valence-electron chi connectivity index (χ4n) is 1.96. The topological polar surface area (TPSA) is 18.5 Å².